The van der Waals surface area contributed by atoms with Gasteiger partial charge in [0.2, 0.25) is 0 Å². The SMILES string of the molecule is CCCNc1nc(CC)nc(Nc2ccccc2F)c1C. The lowest BCUT2D eigenvalue weighted by Crippen LogP contribution is -2.10. The molecule has 0 atom stereocenters. The Balaban J connectivity index is 2.35. The van der Waals surface area contributed by atoms with Crippen molar-refractivity contribution in [2.24, 2.45) is 0 Å². The second-order valence-corrected chi connectivity index (χ2v) is 4.85. The molecule has 0 unspecified atom stereocenters. The van der Waals surface area contributed by atoms with Crippen LogP contribution in [-0.2, 0) is 6.42 Å². The summed E-state index contributed by atoms with van der Waals surface area (Å²) in [4.78, 5) is 8.96. The lowest BCUT2D eigenvalue weighted by molar-refractivity contribution is 0.631. The zero-order valence-electron chi connectivity index (χ0n) is 12.7. The van der Waals surface area contributed by atoms with Gasteiger partial charge in [-0.25, -0.2) is 14.4 Å². The first-order chi connectivity index (χ1) is 10.2. The van der Waals surface area contributed by atoms with Crippen LogP contribution in [0.1, 0.15) is 31.7 Å². The summed E-state index contributed by atoms with van der Waals surface area (Å²) >= 11 is 0. The van der Waals surface area contributed by atoms with Crippen molar-refractivity contribution < 1.29 is 4.39 Å². The van der Waals surface area contributed by atoms with Crippen LogP contribution in [-0.4, -0.2) is 16.5 Å². The third-order valence-corrected chi connectivity index (χ3v) is 3.18. The third kappa shape index (κ3) is 3.68. The average molecular weight is 288 g/mol. The van der Waals surface area contributed by atoms with E-state index >= 15 is 0 Å². The summed E-state index contributed by atoms with van der Waals surface area (Å²) in [5.74, 6) is 1.89. The minimum atomic E-state index is -0.295. The lowest BCUT2D eigenvalue weighted by Gasteiger charge is -2.15. The highest BCUT2D eigenvalue weighted by Gasteiger charge is 2.11. The van der Waals surface area contributed by atoms with E-state index in [-0.39, 0.29) is 5.82 Å². The van der Waals surface area contributed by atoms with Gasteiger partial charge in [0.05, 0.1) is 5.69 Å². The zero-order valence-corrected chi connectivity index (χ0v) is 12.7. The van der Waals surface area contributed by atoms with Gasteiger partial charge >= 0.3 is 0 Å². The number of benzene rings is 1. The predicted molar refractivity (Wildman–Crippen MR) is 84.6 cm³/mol. The van der Waals surface area contributed by atoms with E-state index in [0.29, 0.717) is 11.5 Å². The molecule has 2 aromatic rings. The molecule has 2 N–H and O–H groups in total. The Hall–Kier alpha value is -2.17. The maximum absolute atomic E-state index is 13.8. The van der Waals surface area contributed by atoms with Crippen LogP contribution < -0.4 is 10.6 Å². The number of hydrogen-bond acceptors (Lipinski definition) is 4. The first-order valence-electron chi connectivity index (χ1n) is 7.28. The van der Waals surface area contributed by atoms with E-state index in [9.17, 15) is 4.39 Å². The van der Waals surface area contributed by atoms with Gasteiger partial charge in [0, 0.05) is 18.5 Å². The van der Waals surface area contributed by atoms with Crippen molar-refractivity contribution in [3.63, 3.8) is 0 Å². The number of nitrogens with one attached hydrogen (secondary N) is 2. The highest BCUT2D eigenvalue weighted by molar-refractivity contribution is 5.65. The number of halogens is 1. The third-order valence-electron chi connectivity index (χ3n) is 3.18. The largest absolute Gasteiger partial charge is 0.370 e. The molecule has 4 nitrogen and oxygen atoms in total. The van der Waals surface area contributed by atoms with Gasteiger partial charge < -0.3 is 10.6 Å². The van der Waals surface area contributed by atoms with Crippen LogP contribution in [0.25, 0.3) is 0 Å². The maximum Gasteiger partial charge on any atom is 0.146 e. The Morgan fingerprint density at radius 3 is 2.48 bits per heavy atom. The van der Waals surface area contributed by atoms with E-state index in [1.807, 2.05) is 13.8 Å². The molecule has 1 heterocycles. The minimum Gasteiger partial charge on any atom is -0.370 e. The molecule has 0 fully saturated rings. The van der Waals surface area contributed by atoms with Crippen molar-refractivity contribution in [2.75, 3.05) is 17.2 Å². The number of aromatic nitrogens is 2. The molecular weight excluding hydrogens is 267 g/mol. The quantitative estimate of drug-likeness (QED) is 0.842. The molecular formula is C16H21FN4. The molecule has 0 aliphatic heterocycles. The first-order valence-corrected chi connectivity index (χ1v) is 7.28. The van der Waals surface area contributed by atoms with Gasteiger partial charge in [-0.15, -0.1) is 0 Å². The number of aryl methyl sites for hydroxylation is 1. The van der Waals surface area contributed by atoms with Crippen LogP contribution >= 0.6 is 0 Å². The molecule has 1 aromatic carbocycles. The average Bonchev–Trinajstić information content (AvgIpc) is 2.50. The van der Waals surface area contributed by atoms with E-state index < -0.39 is 0 Å². The smallest absolute Gasteiger partial charge is 0.146 e. The lowest BCUT2D eigenvalue weighted by atomic mass is 10.2. The number of anilines is 3. The fraction of sp³-hybridized carbons (Fsp3) is 0.375. The summed E-state index contributed by atoms with van der Waals surface area (Å²) in [5.41, 5.74) is 1.31. The van der Waals surface area contributed by atoms with Crippen LogP contribution in [0.2, 0.25) is 0 Å². The Morgan fingerprint density at radius 2 is 1.81 bits per heavy atom. The first kappa shape index (κ1) is 15.2. The zero-order chi connectivity index (χ0) is 15.2. The topological polar surface area (TPSA) is 49.8 Å². The summed E-state index contributed by atoms with van der Waals surface area (Å²) in [7, 11) is 0. The van der Waals surface area contributed by atoms with Crippen LogP contribution in [0.4, 0.5) is 21.7 Å². The molecule has 0 saturated heterocycles. The molecule has 0 amide bonds. The van der Waals surface area contributed by atoms with Gasteiger partial charge in [-0.3, -0.25) is 0 Å². The molecule has 0 bridgehead atoms. The summed E-state index contributed by atoms with van der Waals surface area (Å²) in [5, 5.41) is 6.36. The minimum absolute atomic E-state index is 0.295. The fourth-order valence-corrected chi connectivity index (χ4v) is 1.95. The second kappa shape index (κ2) is 7.02. The molecule has 0 saturated carbocycles. The summed E-state index contributed by atoms with van der Waals surface area (Å²) in [6.07, 6.45) is 1.74. The second-order valence-electron chi connectivity index (χ2n) is 4.85. The van der Waals surface area contributed by atoms with Gasteiger partial charge in [0.1, 0.15) is 23.3 Å². The van der Waals surface area contributed by atoms with Crippen molar-refractivity contribution in [2.45, 2.75) is 33.6 Å². The van der Waals surface area contributed by atoms with E-state index in [4.69, 9.17) is 0 Å². The Morgan fingerprint density at radius 1 is 1.10 bits per heavy atom. The number of hydrogen-bond donors (Lipinski definition) is 2. The van der Waals surface area contributed by atoms with Crippen molar-refractivity contribution in [1.29, 1.82) is 0 Å². The molecule has 112 valence electrons. The summed E-state index contributed by atoms with van der Waals surface area (Å²) in [6.45, 7) is 6.88. The Bertz CT molecular complexity index is 613. The van der Waals surface area contributed by atoms with Gasteiger partial charge in [0.25, 0.3) is 0 Å². The predicted octanol–water partition coefficient (Wildman–Crippen LogP) is 4.05. The Labute approximate surface area is 124 Å². The normalized spacial score (nSPS) is 10.5. The molecule has 2 rings (SSSR count). The van der Waals surface area contributed by atoms with Crippen LogP contribution in [0, 0.1) is 12.7 Å². The van der Waals surface area contributed by atoms with Crippen molar-refractivity contribution >= 4 is 17.3 Å². The van der Waals surface area contributed by atoms with E-state index in [0.717, 1.165) is 36.6 Å². The molecule has 0 aliphatic carbocycles. The fourth-order valence-electron chi connectivity index (χ4n) is 1.95. The van der Waals surface area contributed by atoms with E-state index in [1.54, 1.807) is 18.2 Å². The number of para-hydroxylation sites is 1. The van der Waals surface area contributed by atoms with E-state index in [1.165, 1.54) is 6.07 Å². The van der Waals surface area contributed by atoms with Crippen LogP contribution in [0.15, 0.2) is 24.3 Å². The highest BCUT2D eigenvalue weighted by Crippen LogP contribution is 2.25. The number of nitrogens with zero attached hydrogens (tertiary/aromatic N) is 2. The van der Waals surface area contributed by atoms with Gasteiger partial charge in [-0.1, -0.05) is 26.0 Å². The van der Waals surface area contributed by atoms with Crippen molar-refractivity contribution in [3.05, 3.63) is 41.5 Å². The van der Waals surface area contributed by atoms with Crippen molar-refractivity contribution in [1.82, 2.24) is 9.97 Å². The van der Waals surface area contributed by atoms with Gasteiger partial charge in [-0.05, 0) is 25.5 Å². The standard InChI is InChI=1S/C16H21FN4/c1-4-10-18-15-11(3)16(21-14(5-2)20-15)19-13-9-7-6-8-12(13)17/h6-9H,4-5,10H2,1-3H3,(H2,18,19,20,21). The van der Waals surface area contributed by atoms with Crippen LogP contribution in [0.3, 0.4) is 0 Å². The van der Waals surface area contributed by atoms with Crippen LogP contribution in [0.5, 0.6) is 0 Å². The molecule has 0 aliphatic rings. The summed E-state index contributed by atoms with van der Waals surface area (Å²) < 4.78 is 13.8. The monoisotopic (exact) mass is 288 g/mol. The summed E-state index contributed by atoms with van der Waals surface area (Å²) in [6, 6.07) is 6.58. The van der Waals surface area contributed by atoms with Gasteiger partial charge in [0.15, 0.2) is 0 Å². The van der Waals surface area contributed by atoms with E-state index in [2.05, 4.69) is 27.5 Å². The maximum atomic E-state index is 13.8. The number of rotatable bonds is 6. The van der Waals surface area contributed by atoms with Gasteiger partial charge in [-0.2, -0.15) is 0 Å². The molecule has 0 radical (unpaired) electrons. The molecule has 5 heteroatoms. The Kier molecular flexibility index (Phi) is 5.09. The molecule has 1 aromatic heterocycles. The molecule has 0 spiro atoms. The highest BCUT2D eigenvalue weighted by atomic mass is 19.1. The molecule has 21 heavy (non-hydrogen) atoms. The van der Waals surface area contributed by atoms with Crippen molar-refractivity contribution in [3.8, 4) is 0 Å².